The van der Waals surface area contributed by atoms with Crippen molar-refractivity contribution in [3.63, 3.8) is 0 Å². The molecule has 1 aromatic rings. The maximum absolute atomic E-state index is 11.8. The molecule has 0 spiro atoms. The van der Waals surface area contributed by atoms with Gasteiger partial charge >= 0.3 is 6.09 Å². The van der Waals surface area contributed by atoms with Crippen LogP contribution in [0.25, 0.3) is 0 Å². The molecule has 0 aliphatic carbocycles. The molecule has 5 heteroatoms. The summed E-state index contributed by atoms with van der Waals surface area (Å²) in [5, 5.41) is 19.6. The molecule has 104 valence electrons. The largest absolute Gasteiger partial charge is 0.438 e. The van der Waals surface area contributed by atoms with Gasteiger partial charge < -0.3 is 14.9 Å². The van der Waals surface area contributed by atoms with Gasteiger partial charge in [0.1, 0.15) is 0 Å². The summed E-state index contributed by atoms with van der Waals surface area (Å²) in [7, 11) is 0. The Morgan fingerprint density at radius 3 is 2.47 bits per heavy atom. The minimum Gasteiger partial charge on any atom is -0.438 e. The van der Waals surface area contributed by atoms with Crippen molar-refractivity contribution in [3.05, 3.63) is 35.9 Å². The topological polar surface area (TPSA) is 70.0 Å². The molecule has 1 saturated heterocycles. The van der Waals surface area contributed by atoms with E-state index in [1.54, 1.807) is 6.92 Å². The highest BCUT2D eigenvalue weighted by atomic mass is 16.6. The third-order valence-corrected chi connectivity index (χ3v) is 3.77. The van der Waals surface area contributed by atoms with Crippen molar-refractivity contribution < 1.29 is 19.7 Å². The van der Waals surface area contributed by atoms with E-state index >= 15 is 0 Å². The van der Waals surface area contributed by atoms with E-state index in [4.69, 9.17) is 9.84 Å². The molecule has 0 bridgehead atoms. The Balaban J connectivity index is 2.26. The van der Waals surface area contributed by atoms with Crippen LogP contribution < -0.4 is 0 Å². The fourth-order valence-corrected chi connectivity index (χ4v) is 2.41. The Hall–Kier alpha value is -1.59. The molecule has 19 heavy (non-hydrogen) atoms. The number of amides is 1. The van der Waals surface area contributed by atoms with Crippen molar-refractivity contribution in [1.82, 2.24) is 4.90 Å². The molecule has 1 aliphatic rings. The maximum atomic E-state index is 11.8. The van der Waals surface area contributed by atoms with Crippen molar-refractivity contribution in [3.8, 4) is 0 Å². The monoisotopic (exact) mass is 265 g/mol. The fraction of sp³-hybridized carbons (Fsp3) is 0.500. The van der Waals surface area contributed by atoms with Gasteiger partial charge in [0.05, 0.1) is 13.2 Å². The first-order valence-electron chi connectivity index (χ1n) is 6.28. The van der Waals surface area contributed by atoms with Crippen LogP contribution in [-0.4, -0.2) is 45.7 Å². The minimum atomic E-state index is -1.46. The summed E-state index contributed by atoms with van der Waals surface area (Å²) < 4.78 is 5.36. The lowest BCUT2D eigenvalue weighted by molar-refractivity contribution is -0.137. The SMILES string of the molecule is C[C@@]1(Cc2ccccc2)OC(=O)N(CCO)[C@@]1(C)O. The van der Waals surface area contributed by atoms with Crippen molar-refractivity contribution in [1.29, 1.82) is 0 Å². The zero-order valence-electron chi connectivity index (χ0n) is 11.2. The van der Waals surface area contributed by atoms with Gasteiger partial charge in [-0.2, -0.15) is 0 Å². The second-order valence-electron chi connectivity index (χ2n) is 5.16. The van der Waals surface area contributed by atoms with Gasteiger partial charge in [-0.3, -0.25) is 4.90 Å². The number of hydrogen-bond donors (Lipinski definition) is 2. The van der Waals surface area contributed by atoms with Gasteiger partial charge in [0.2, 0.25) is 0 Å². The van der Waals surface area contributed by atoms with Crippen LogP contribution in [0.15, 0.2) is 30.3 Å². The summed E-state index contributed by atoms with van der Waals surface area (Å²) in [6.45, 7) is 3.08. The molecule has 2 rings (SSSR count). The number of aliphatic hydroxyl groups is 2. The number of nitrogens with zero attached hydrogens (tertiary/aromatic N) is 1. The molecule has 2 atom stereocenters. The zero-order chi connectivity index (χ0) is 14.1. The first kappa shape index (κ1) is 13.8. The number of rotatable bonds is 4. The molecular formula is C14H19NO4. The number of hydrogen-bond acceptors (Lipinski definition) is 4. The van der Waals surface area contributed by atoms with Gasteiger partial charge in [0, 0.05) is 6.42 Å². The molecule has 1 heterocycles. The second-order valence-corrected chi connectivity index (χ2v) is 5.16. The van der Waals surface area contributed by atoms with Crippen LogP contribution in [0.4, 0.5) is 4.79 Å². The van der Waals surface area contributed by atoms with Gasteiger partial charge in [-0.05, 0) is 19.4 Å². The molecular weight excluding hydrogens is 246 g/mol. The molecule has 2 N–H and O–H groups in total. The number of β-amino-alcohol motifs (C(OH)–C–C–N with tert-alkyl or cyclic N) is 1. The van der Waals surface area contributed by atoms with Crippen LogP contribution in [0.5, 0.6) is 0 Å². The lowest BCUT2D eigenvalue weighted by Gasteiger charge is -2.37. The highest BCUT2D eigenvalue weighted by Gasteiger charge is 2.58. The zero-order valence-corrected chi connectivity index (χ0v) is 11.2. The maximum Gasteiger partial charge on any atom is 0.412 e. The number of aliphatic hydroxyl groups excluding tert-OH is 1. The third kappa shape index (κ3) is 2.31. The predicted octanol–water partition coefficient (Wildman–Crippen LogP) is 1.14. The van der Waals surface area contributed by atoms with Gasteiger partial charge in [0.25, 0.3) is 0 Å². The van der Waals surface area contributed by atoms with Crippen molar-refractivity contribution >= 4 is 6.09 Å². The number of cyclic esters (lactones) is 1. The Kier molecular flexibility index (Phi) is 3.52. The van der Waals surface area contributed by atoms with Crippen LogP contribution in [0.2, 0.25) is 0 Å². The molecule has 0 radical (unpaired) electrons. The first-order valence-corrected chi connectivity index (χ1v) is 6.28. The van der Waals surface area contributed by atoms with E-state index in [1.807, 2.05) is 30.3 Å². The summed E-state index contributed by atoms with van der Waals surface area (Å²) in [5.74, 6) is 0. The van der Waals surface area contributed by atoms with Crippen LogP contribution in [0.1, 0.15) is 19.4 Å². The Morgan fingerprint density at radius 1 is 1.26 bits per heavy atom. The normalized spacial score (nSPS) is 30.5. The van der Waals surface area contributed by atoms with E-state index in [2.05, 4.69) is 0 Å². The number of benzene rings is 1. The Morgan fingerprint density at radius 2 is 1.89 bits per heavy atom. The molecule has 0 saturated carbocycles. The lowest BCUT2D eigenvalue weighted by Crippen LogP contribution is -2.56. The van der Waals surface area contributed by atoms with Gasteiger partial charge in [-0.25, -0.2) is 4.79 Å². The highest BCUT2D eigenvalue weighted by Crippen LogP contribution is 2.39. The average molecular weight is 265 g/mol. The smallest absolute Gasteiger partial charge is 0.412 e. The Labute approximate surface area is 112 Å². The van der Waals surface area contributed by atoms with E-state index in [1.165, 1.54) is 6.92 Å². The van der Waals surface area contributed by atoms with Crippen LogP contribution >= 0.6 is 0 Å². The summed E-state index contributed by atoms with van der Waals surface area (Å²) in [6, 6.07) is 9.54. The number of carbonyl (C=O) groups is 1. The molecule has 5 nitrogen and oxygen atoms in total. The number of ether oxygens (including phenoxy) is 1. The second kappa shape index (κ2) is 4.83. The molecule has 1 fully saturated rings. The minimum absolute atomic E-state index is 0.0518. The summed E-state index contributed by atoms with van der Waals surface area (Å²) in [6.07, 6.45) is -0.188. The Bertz CT molecular complexity index is 460. The van der Waals surface area contributed by atoms with Gasteiger partial charge in [-0.1, -0.05) is 30.3 Å². The van der Waals surface area contributed by atoms with E-state index in [-0.39, 0.29) is 13.2 Å². The molecule has 0 aromatic heterocycles. The third-order valence-electron chi connectivity index (χ3n) is 3.77. The van der Waals surface area contributed by atoms with Crippen molar-refractivity contribution in [2.24, 2.45) is 0 Å². The predicted molar refractivity (Wildman–Crippen MR) is 69.4 cm³/mol. The lowest BCUT2D eigenvalue weighted by atomic mass is 9.87. The molecule has 1 aliphatic heterocycles. The standard InChI is InChI=1S/C14H19NO4/c1-13(10-11-6-4-3-5-7-11)14(2,18)15(8-9-16)12(17)19-13/h3-7,16,18H,8-10H2,1-2H3/t13-,14-/m0/s1. The van der Waals surface area contributed by atoms with E-state index in [0.29, 0.717) is 6.42 Å². The molecule has 1 amide bonds. The molecule has 1 aromatic carbocycles. The van der Waals surface area contributed by atoms with Crippen molar-refractivity contribution in [2.75, 3.05) is 13.2 Å². The van der Waals surface area contributed by atoms with Gasteiger partial charge in [0.15, 0.2) is 11.3 Å². The fourth-order valence-electron chi connectivity index (χ4n) is 2.41. The van der Waals surface area contributed by atoms with Crippen LogP contribution in [0, 0.1) is 0 Å². The van der Waals surface area contributed by atoms with Crippen LogP contribution in [0.3, 0.4) is 0 Å². The number of carbonyl (C=O) groups excluding carboxylic acids is 1. The first-order chi connectivity index (χ1) is 8.90. The van der Waals surface area contributed by atoms with E-state index in [9.17, 15) is 9.90 Å². The summed E-state index contributed by atoms with van der Waals surface area (Å²) >= 11 is 0. The van der Waals surface area contributed by atoms with E-state index < -0.39 is 17.4 Å². The van der Waals surface area contributed by atoms with Crippen molar-refractivity contribution in [2.45, 2.75) is 31.6 Å². The van der Waals surface area contributed by atoms with E-state index in [0.717, 1.165) is 10.5 Å². The highest BCUT2D eigenvalue weighted by molar-refractivity contribution is 5.72. The van der Waals surface area contributed by atoms with Crippen LogP contribution in [-0.2, 0) is 11.2 Å². The van der Waals surface area contributed by atoms with Gasteiger partial charge in [-0.15, -0.1) is 0 Å². The summed E-state index contributed by atoms with van der Waals surface area (Å²) in [5.41, 5.74) is -1.52. The quantitative estimate of drug-likeness (QED) is 0.856. The molecule has 0 unspecified atom stereocenters. The average Bonchev–Trinajstić information content (AvgIpc) is 2.51. The summed E-state index contributed by atoms with van der Waals surface area (Å²) in [4.78, 5) is 13.0.